The summed E-state index contributed by atoms with van der Waals surface area (Å²) in [6.45, 7) is 3.20. The predicted molar refractivity (Wildman–Crippen MR) is 123 cm³/mol. The lowest BCUT2D eigenvalue weighted by Crippen LogP contribution is -2.30. The van der Waals surface area contributed by atoms with E-state index in [1.54, 1.807) is 11.7 Å². The third-order valence-corrected chi connectivity index (χ3v) is 6.99. The first-order valence-electron chi connectivity index (χ1n) is 11.1. The van der Waals surface area contributed by atoms with Gasteiger partial charge in [-0.3, -0.25) is 14.7 Å². The average Bonchev–Trinajstić information content (AvgIpc) is 3.17. The number of hydrogen-bond donors (Lipinski definition) is 1. The summed E-state index contributed by atoms with van der Waals surface area (Å²) < 4.78 is 31.7. The molecule has 1 atom stereocenters. The molecule has 3 aromatic rings. The van der Waals surface area contributed by atoms with E-state index >= 15 is 0 Å². The second kappa shape index (κ2) is 9.19. The van der Waals surface area contributed by atoms with Gasteiger partial charge in [0.2, 0.25) is 0 Å². The molecule has 2 heterocycles. The number of hydrogen-bond acceptors (Lipinski definition) is 5. The minimum absolute atomic E-state index is 0.0601. The quantitative estimate of drug-likeness (QED) is 0.521. The van der Waals surface area contributed by atoms with E-state index in [1.807, 2.05) is 24.3 Å². The first kappa shape index (κ1) is 22.0. The van der Waals surface area contributed by atoms with Crippen molar-refractivity contribution in [3.05, 3.63) is 81.3 Å². The number of benzene rings is 2. The minimum Gasteiger partial charge on any atom is -0.493 e. The molecular weight excluding hydrogens is 444 g/mol. The van der Waals surface area contributed by atoms with Gasteiger partial charge in [-0.05, 0) is 40.8 Å². The van der Waals surface area contributed by atoms with E-state index in [2.05, 4.69) is 33.4 Å². The molecule has 0 spiro atoms. The van der Waals surface area contributed by atoms with Crippen LogP contribution in [0.1, 0.15) is 38.3 Å². The van der Waals surface area contributed by atoms with E-state index in [-0.39, 0.29) is 18.9 Å². The van der Waals surface area contributed by atoms with Crippen LogP contribution in [0.5, 0.6) is 5.75 Å². The van der Waals surface area contributed by atoms with Crippen molar-refractivity contribution in [2.45, 2.75) is 38.4 Å². The van der Waals surface area contributed by atoms with Crippen molar-refractivity contribution in [1.82, 2.24) is 15.2 Å². The maximum absolute atomic E-state index is 13.0. The molecule has 0 radical (unpaired) electrons. The topological polar surface area (TPSA) is 54.5 Å². The van der Waals surface area contributed by atoms with Crippen molar-refractivity contribution in [3.63, 3.8) is 0 Å². The second-order valence-corrected chi connectivity index (χ2v) is 9.62. The van der Waals surface area contributed by atoms with Gasteiger partial charge in [0, 0.05) is 32.6 Å². The zero-order chi connectivity index (χ0) is 22.8. The summed E-state index contributed by atoms with van der Waals surface area (Å²) in [5, 5.41) is 2.91. The highest BCUT2D eigenvalue weighted by Gasteiger charge is 2.57. The number of nitrogens with one attached hydrogen (secondary N) is 1. The number of amides is 1. The van der Waals surface area contributed by atoms with Crippen molar-refractivity contribution in [2.24, 2.45) is 5.92 Å². The fraction of sp³-hybridized carbons (Fsp3) is 0.360. The molecule has 172 valence electrons. The molecule has 1 fully saturated rings. The highest BCUT2D eigenvalue weighted by atomic mass is 32.1. The molecule has 1 unspecified atom stereocenters. The number of halogens is 2. The molecule has 8 heteroatoms. The van der Waals surface area contributed by atoms with Crippen LogP contribution in [-0.2, 0) is 26.1 Å². The van der Waals surface area contributed by atoms with Crippen LogP contribution in [0.15, 0.2) is 54.2 Å². The number of thiazole rings is 1. The molecule has 2 aromatic carbocycles. The van der Waals surface area contributed by atoms with Gasteiger partial charge >= 0.3 is 0 Å². The lowest BCUT2D eigenvalue weighted by Gasteiger charge is -2.29. The Morgan fingerprint density at radius 2 is 1.97 bits per heavy atom. The third kappa shape index (κ3) is 5.39. The second-order valence-electron chi connectivity index (χ2n) is 8.73. The average molecular weight is 470 g/mol. The van der Waals surface area contributed by atoms with E-state index in [0.29, 0.717) is 17.2 Å². The SMILES string of the molecule is O=C(NCc1ccc(CN2CCc3cc(OCC4CC4(F)F)ccc3C2)cc1)c1cncs1. The van der Waals surface area contributed by atoms with E-state index in [0.717, 1.165) is 31.6 Å². The van der Waals surface area contributed by atoms with Crippen LogP contribution >= 0.6 is 11.3 Å². The van der Waals surface area contributed by atoms with Crippen molar-refractivity contribution in [3.8, 4) is 5.75 Å². The normalized spacial score (nSPS) is 19.0. The number of nitrogens with zero attached hydrogens (tertiary/aromatic N) is 2. The smallest absolute Gasteiger partial charge is 0.263 e. The molecule has 0 bridgehead atoms. The van der Waals surface area contributed by atoms with Crippen LogP contribution in [-0.4, -0.2) is 34.9 Å². The van der Waals surface area contributed by atoms with Crippen molar-refractivity contribution < 1.29 is 18.3 Å². The van der Waals surface area contributed by atoms with Crippen LogP contribution in [0.2, 0.25) is 0 Å². The van der Waals surface area contributed by atoms with Crippen LogP contribution in [0, 0.1) is 5.92 Å². The van der Waals surface area contributed by atoms with Gasteiger partial charge in [-0.1, -0.05) is 30.3 Å². The predicted octanol–water partition coefficient (Wildman–Crippen LogP) is 4.67. The summed E-state index contributed by atoms with van der Waals surface area (Å²) in [5.41, 5.74) is 6.41. The van der Waals surface area contributed by atoms with Gasteiger partial charge in [0.25, 0.3) is 11.8 Å². The van der Waals surface area contributed by atoms with Gasteiger partial charge in [-0.2, -0.15) is 0 Å². The lowest BCUT2D eigenvalue weighted by molar-refractivity contribution is 0.0855. The van der Waals surface area contributed by atoms with Gasteiger partial charge in [0.05, 0.1) is 24.2 Å². The van der Waals surface area contributed by atoms with E-state index < -0.39 is 11.8 Å². The van der Waals surface area contributed by atoms with Crippen LogP contribution in [0.4, 0.5) is 8.78 Å². The Labute approximate surface area is 195 Å². The van der Waals surface area contributed by atoms with Gasteiger partial charge in [0.1, 0.15) is 10.6 Å². The molecule has 1 aromatic heterocycles. The molecule has 5 rings (SSSR count). The first-order chi connectivity index (χ1) is 16.0. The lowest BCUT2D eigenvalue weighted by atomic mass is 9.99. The maximum Gasteiger partial charge on any atom is 0.263 e. The van der Waals surface area contributed by atoms with Gasteiger partial charge < -0.3 is 10.1 Å². The molecule has 2 aliphatic rings. The first-order valence-corrected chi connectivity index (χ1v) is 11.9. The minimum atomic E-state index is -2.54. The summed E-state index contributed by atoms with van der Waals surface area (Å²) in [7, 11) is 0. The van der Waals surface area contributed by atoms with E-state index in [1.165, 1.54) is 28.0 Å². The number of ether oxygens (including phenoxy) is 1. The number of aromatic nitrogens is 1. The standard InChI is InChI=1S/C25H25F2N3O2S/c26-25(27)10-21(25)15-32-22-6-5-20-14-30(8-7-19(20)9-22)13-18-3-1-17(2-4-18)11-29-24(31)23-12-28-16-33-23/h1-6,9,12,16,21H,7-8,10-11,13-15H2,(H,29,31). The maximum atomic E-state index is 13.0. The van der Waals surface area contributed by atoms with Crippen LogP contribution in [0.25, 0.3) is 0 Å². The molecule has 33 heavy (non-hydrogen) atoms. The van der Waals surface area contributed by atoms with E-state index in [9.17, 15) is 13.6 Å². The summed E-state index contributed by atoms with van der Waals surface area (Å²) in [6, 6.07) is 14.3. The zero-order valence-corrected chi connectivity index (χ0v) is 18.9. The molecule has 5 nitrogen and oxygen atoms in total. The Bertz CT molecular complexity index is 1120. The van der Waals surface area contributed by atoms with Crippen LogP contribution in [0.3, 0.4) is 0 Å². The highest BCUT2D eigenvalue weighted by molar-refractivity contribution is 7.11. The Morgan fingerprint density at radius 3 is 2.70 bits per heavy atom. The highest BCUT2D eigenvalue weighted by Crippen LogP contribution is 2.48. The Balaban J connectivity index is 1.11. The largest absolute Gasteiger partial charge is 0.493 e. The number of carbonyl (C=O) groups is 1. The van der Waals surface area contributed by atoms with Crippen molar-refractivity contribution >= 4 is 17.2 Å². The van der Waals surface area contributed by atoms with Gasteiger partial charge in [0.15, 0.2) is 0 Å². The molecule has 1 aliphatic carbocycles. The summed E-state index contributed by atoms with van der Waals surface area (Å²) in [6.07, 6.45) is 2.42. The van der Waals surface area contributed by atoms with E-state index in [4.69, 9.17) is 4.74 Å². The van der Waals surface area contributed by atoms with Crippen molar-refractivity contribution in [2.75, 3.05) is 13.2 Å². The Morgan fingerprint density at radius 1 is 1.18 bits per heavy atom. The van der Waals surface area contributed by atoms with Gasteiger partial charge in [-0.25, -0.2) is 8.78 Å². The summed E-state index contributed by atoms with van der Waals surface area (Å²) in [5.74, 6) is -2.59. The third-order valence-electron chi connectivity index (χ3n) is 6.21. The van der Waals surface area contributed by atoms with Crippen molar-refractivity contribution in [1.29, 1.82) is 0 Å². The molecule has 1 aliphatic heterocycles. The Kier molecular flexibility index (Phi) is 6.12. The Hall–Kier alpha value is -2.84. The molecule has 1 saturated carbocycles. The number of fused-ring (bicyclic) bond motifs is 1. The number of rotatable bonds is 8. The molecule has 1 N–H and O–H groups in total. The molecule has 0 saturated heterocycles. The van der Waals surface area contributed by atoms with Crippen LogP contribution < -0.4 is 10.1 Å². The fourth-order valence-corrected chi connectivity index (χ4v) is 4.61. The fourth-order valence-electron chi connectivity index (χ4n) is 4.08. The summed E-state index contributed by atoms with van der Waals surface area (Å²) >= 11 is 1.33. The number of alkyl halides is 2. The number of carbonyl (C=O) groups excluding carboxylic acids is 1. The molecule has 1 amide bonds. The monoisotopic (exact) mass is 469 g/mol. The van der Waals surface area contributed by atoms with Gasteiger partial charge in [-0.15, -0.1) is 11.3 Å². The zero-order valence-electron chi connectivity index (χ0n) is 18.1. The molecular formula is C25H25F2N3O2S. The summed E-state index contributed by atoms with van der Waals surface area (Å²) in [4.78, 5) is 19.0.